The number of carboxylic acid groups (broad SMARTS) is 1. The molecule has 7 heteroatoms. The molecule has 0 aliphatic heterocycles. The van der Waals surface area contributed by atoms with Crippen LogP contribution in [0.25, 0.3) is 0 Å². The molecule has 0 spiro atoms. The van der Waals surface area contributed by atoms with E-state index in [1.165, 1.54) is 0 Å². The summed E-state index contributed by atoms with van der Waals surface area (Å²) in [7, 11) is -3.36. The van der Waals surface area contributed by atoms with Crippen LogP contribution in [-0.2, 0) is 19.4 Å². The summed E-state index contributed by atoms with van der Waals surface area (Å²) in [6.07, 6.45) is 7.14. The molecule has 0 radical (unpaired) electrons. The Hall–Kier alpha value is -1.11. The van der Waals surface area contributed by atoms with Crippen LogP contribution in [-0.4, -0.2) is 42.9 Å². The lowest BCUT2D eigenvalue weighted by Gasteiger charge is -2.38. The summed E-state index contributed by atoms with van der Waals surface area (Å²) >= 11 is 0. The molecule has 0 atom stereocenters. The summed E-state index contributed by atoms with van der Waals surface area (Å²) in [5.74, 6) is -1.13. The summed E-state index contributed by atoms with van der Waals surface area (Å²) < 4.78 is 22.3. The Morgan fingerprint density at radius 2 is 1.67 bits per heavy atom. The van der Waals surface area contributed by atoms with Crippen molar-refractivity contribution in [3.8, 4) is 0 Å². The van der Waals surface area contributed by atoms with Gasteiger partial charge in [0.1, 0.15) is 4.75 Å². The number of hydrogen-bond donors (Lipinski definition) is 2. The first kappa shape index (κ1) is 17.9. The van der Waals surface area contributed by atoms with Gasteiger partial charge in [-0.2, -0.15) is 0 Å². The number of nitrogens with one attached hydrogen (secondary N) is 1. The number of rotatable bonds is 10. The normalized spacial score (nSPS) is 17.0. The predicted molar refractivity (Wildman–Crippen MR) is 79.8 cm³/mol. The van der Waals surface area contributed by atoms with Gasteiger partial charge >= 0.3 is 5.97 Å². The first-order chi connectivity index (χ1) is 9.79. The molecule has 0 saturated heterocycles. The topological polar surface area (TPSA) is 101 Å². The molecule has 1 aliphatic rings. The summed E-state index contributed by atoms with van der Waals surface area (Å²) in [5.41, 5.74) is 0. The standard InChI is InChI=1S/C14H25NO5S/c1-21(19,20)14(9-7-10-14)13(18)15-11-6-4-2-3-5-8-12(16)17/h2-11H2,1H3,(H,15,18)(H,16,17). The number of amides is 1. The molecular weight excluding hydrogens is 294 g/mol. The van der Waals surface area contributed by atoms with Crippen molar-refractivity contribution >= 4 is 21.7 Å². The average Bonchev–Trinajstić information content (AvgIpc) is 2.28. The molecule has 0 unspecified atom stereocenters. The second-order valence-corrected chi connectivity index (χ2v) is 8.11. The van der Waals surface area contributed by atoms with E-state index in [0.717, 1.165) is 38.4 Å². The second-order valence-electron chi connectivity index (χ2n) is 5.79. The number of carbonyl (C=O) groups excluding carboxylic acids is 1. The van der Waals surface area contributed by atoms with Crippen molar-refractivity contribution < 1.29 is 23.1 Å². The average molecular weight is 319 g/mol. The highest BCUT2D eigenvalue weighted by Crippen LogP contribution is 2.39. The number of unbranched alkanes of at least 4 members (excludes halogenated alkanes) is 4. The molecule has 0 aromatic heterocycles. The third kappa shape index (κ3) is 4.98. The zero-order valence-corrected chi connectivity index (χ0v) is 13.4. The van der Waals surface area contributed by atoms with Crippen LogP contribution in [0.1, 0.15) is 57.8 Å². The lowest BCUT2D eigenvalue weighted by atomic mass is 9.83. The fourth-order valence-electron chi connectivity index (χ4n) is 2.56. The zero-order chi connectivity index (χ0) is 15.9. The van der Waals surface area contributed by atoms with Crippen molar-refractivity contribution in [2.45, 2.75) is 62.5 Å². The largest absolute Gasteiger partial charge is 0.481 e. The van der Waals surface area contributed by atoms with Gasteiger partial charge in [0.25, 0.3) is 0 Å². The molecule has 1 aliphatic carbocycles. The number of sulfone groups is 1. The third-order valence-corrected chi connectivity index (χ3v) is 6.15. The van der Waals surface area contributed by atoms with E-state index in [4.69, 9.17) is 5.11 Å². The van der Waals surface area contributed by atoms with Gasteiger partial charge in [-0.1, -0.05) is 19.3 Å². The van der Waals surface area contributed by atoms with Gasteiger partial charge < -0.3 is 10.4 Å². The van der Waals surface area contributed by atoms with E-state index in [1.807, 2.05) is 0 Å². The molecule has 0 aromatic rings. The van der Waals surface area contributed by atoms with Crippen LogP contribution in [0.3, 0.4) is 0 Å². The maximum absolute atomic E-state index is 12.0. The molecule has 1 saturated carbocycles. The maximum Gasteiger partial charge on any atom is 0.303 e. The highest BCUT2D eigenvalue weighted by atomic mass is 32.2. The minimum Gasteiger partial charge on any atom is -0.481 e. The van der Waals surface area contributed by atoms with Gasteiger partial charge in [-0.25, -0.2) is 8.42 Å². The van der Waals surface area contributed by atoms with Crippen molar-refractivity contribution in [1.82, 2.24) is 5.32 Å². The smallest absolute Gasteiger partial charge is 0.303 e. The quantitative estimate of drug-likeness (QED) is 0.594. The fraction of sp³-hybridized carbons (Fsp3) is 0.857. The Kier molecular flexibility index (Phi) is 6.64. The molecule has 122 valence electrons. The predicted octanol–water partition coefficient (Wildman–Crippen LogP) is 1.50. The Morgan fingerprint density at radius 1 is 1.10 bits per heavy atom. The second kappa shape index (κ2) is 7.77. The van der Waals surface area contributed by atoms with E-state index in [1.54, 1.807) is 0 Å². The van der Waals surface area contributed by atoms with Crippen molar-refractivity contribution in [1.29, 1.82) is 0 Å². The van der Waals surface area contributed by atoms with E-state index >= 15 is 0 Å². The minimum atomic E-state index is -3.36. The van der Waals surface area contributed by atoms with Gasteiger partial charge in [0, 0.05) is 19.2 Å². The van der Waals surface area contributed by atoms with E-state index in [2.05, 4.69) is 5.32 Å². The Balaban J connectivity index is 2.15. The number of hydrogen-bond acceptors (Lipinski definition) is 4. The van der Waals surface area contributed by atoms with E-state index in [9.17, 15) is 18.0 Å². The highest BCUT2D eigenvalue weighted by Gasteiger charge is 2.52. The molecule has 0 heterocycles. The molecule has 21 heavy (non-hydrogen) atoms. The first-order valence-electron chi connectivity index (χ1n) is 7.49. The third-order valence-electron chi connectivity index (χ3n) is 4.14. The lowest BCUT2D eigenvalue weighted by molar-refractivity contribution is -0.137. The molecule has 0 bridgehead atoms. The molecule has 0 aromatic carbocycles. The SMILES string of the molecule is CS(=O)(=O)C1(C(=O)NCCCCCCCC(=O)O)CCC1. The summed E-state index contributed by atoms with van der Waals surface area (Å²) in [5, 5.41) is 11.2. The van der Waals surface area contributed by atoms with Gasteiger partial charge in [0.15, 0.2) is 9.84 Å². The molecule has 1 rings (SSSR count). The fourth-order valence-corrected chi connectivity index (χ4v) is 4.00. The van der Waals surface area contributed by atoms with Crippen LogP contribution >= 0.6 is 0 Å². The maximum atomic E-state index is 12.0. The van der Waals surface area contributed by atoms with Gasteiger partial charge in [-0.05, 0) is 32.1 Å². The van der Waals surface area contributed by atoms with Crippen molar-refractivity contribution in [2.24, 2.45) is 0 Å². The monoisotopic (exact) mass is 319 g/mol. The van der Waals surface area contributed by atoms with Crippen LogP contribution in [0.15, 0.2) is 0 Å². The first-order valence-corrected chi connectivity index (χ1v) is 9.38. The van der Waals surface area contributed by atoms with Crippen LogP contribution in [0.4, 0.5) is 0 Å². The highest BCUT2D eigenvalue weighted by molar-refractivity contribution is 7.93. The number of aliphatic carboxylic acids is 1. The Morgan fingerprint density at radius 3 is 2.14 bits per heavy atom. The Labute approximate surface area is 126 Å². The van der Waals surface area contributed by atoms with Crippen molar-refractivity contribution in [3.05, 3.63) is 0 Å². The Bertz CT molecular complexity index is 468. The summed E-state index contributed by atoms with van der Waals surface area (Å²) in [6.45, 7) is 0.481. The summed E-state index contributed by atoms with van der Waals surface area (Å²) in [4.78, 5) is 22.4. The van der Waals surface area contributed by atoms with Crippen molar-refractivity contribution in [2.75, 3.05) is 12.8 Å². The lowest BCUT2D eigenvalue weighted by Crippen LogP contribution is -2.56. The number of carboxylic acids is 1. The minimum absolute atomic E-state index is 0.202. The van der Waals surface area contributed by atoms with Crippen molar-refractivity contribution in [3.63, 3.8) is 0 Å². The van der Waals surface area contributed by atoms with Gasteiger partial charge in [0.2, 0.25) is 5.91 Å². The number of carbonyl (C=O) groups is 2. The van der Waals surface area contributed by atoms with Crippen LogP contribution in [0.5, 0.6) is 0 Å². The molecule has 2 N–H and O–H groups in total. The van der Waals surface area contributed by atoms with Gasteiger partial charge in [-0.15, -0.1) is 0 Å². The summed E-state index contributed by atoms with van der Waals surface area (Å²) in [6, 6.07) is 0. The van der Waals surface area contributed by atoms with Gasteiger partial charge in [-0.3, -0.25) is 9.59 Å². The van der Waals surface area contributed by atoms with Crippen LogP contribution < -0.4 is 5.32 Å². The van der Waals surface area contributed by atoms with Gasteiger partial charge in [0.05, 0.1) is 0 Å². The van der Waals surface area contributed by atoms with E-state index in [-0.39, 0.29) is 12.3 Å². The van der Waals surface area contributed by atoms with E-state index in [0.29, 0.717) is 25.8 Å². The molecular formula is C14H25NO5S. The van der Waals surface area contributed by atoms with Crippen LogP contribution in [0, 0.1) is 0 Å². The molecule has 6 nitrogen and oxygen atoms in total. The molecule has 1 amide bonds. The van der Waals surface area contributed by atoms with Crippen LogP contribution in [0.2, 0.25) is 0 Å². The van der Waals surface area contributed by atoms with E-state index < -0.39 is 20.6 Å². The molecule has 1 fully saturated rings. The zero-order valence-electron chi connectivity index (χ0n) is 12.6.